The number of fused-ring (bicyclic) bond motifs is 1. The second kappa shape index (κ2) is 5.53. The smallest absolute Gasteiger partial charge is 0.0378 e. The first kappa shape index (κ1) is 11.7. The van der Waals surface area contributed by atoms with Crippen LogP contribution in [-0.4, -0.2) is 28.6 Å². The van der Waals surface area contributed by atoms with Gasteiger partial charge in [-0.25, -0.2) is 0 Å². The van der Waals surface area contributed by atoms with E-state index >= 15 is 0 Å². The van der Waals surface area contributed by atoms with Gasteiger partial charge in [0.2, 0.25) is 0 Å². The van der Waals surface area contributed by atoms with Crippen molar-refractivity contribution in [1.82, 2.24) is 9.47 Å². The molecular weight excluding hydrogens is 196 g/mol. The summed E-state index contributed by atoms with van der Waals surface area (Å²) in [4.78, 5) is 2.68. The van der Waals surface area contributed by atoms with Gasteiger partial charge in [0.05, 0.1) is 0 Å². The fourth-order valence-electron chi connectivity index (χ4n) is 2.84. The number of aromatic nitrogens is 1. The van der Waals surface area contributed by atoms with E-state index in [-0.39, 0.29) is 0 Å². The van der Waals surface area contributed by atoms with E-state index in [2.05, 4.69) is 41.6 Å². The summed E-state index contributed by atoms with van der Waals surface area (Å²) in [5.74, 6) is 0. The van der Waals surface area contributed by atoms with E-state index in [4.69, 9.17) is 0 Å². The third-order valence-corrected chi connectivity index (χ3v) is 3.60. The lowest BCUT2D eigenvalue weighted by atomic mass is 10.0. The molecule has 0 fully saturated rings. The van der Waals surface area contributed by atoms with E-state index in [0.29, 0.717) is 0 Å². The first-order chi connectivity index (χ1) is 7.85. The van der Waals surface area contributed by atoms with Gasteiger partial charge >= 0.3 is 0 Å². The molecule has 0 unspecified atom stereocenters. The highest BCUT2D eigenvalue weighted by molar-refractivity contribution is 5.10. The minimum absolute atomic E-state index is 0.764. The molecule has 0 N–H and O–H groups in total. The van der Waals surface area contributed by atoms with E-state index in [1.54, 1.807) is 0 Å². The summed E-state index contributed by atoms with van der Waals surface area (Å²) in [5.41, 5.74) is 1.52. The van der Waals surface area contributed by atoms with Gasteiger partial charge in [-0.2, -0.15) is 0 Å². The van der Waals surface area contributed by atoms with Gasteiger partial charge in [0, 0.05) is 24.5 Å². The molecule has 0 radical (unpaired) electrons. The van der Waals surface area contributed by atoms with Crippen molar-refractivity contribution in [2.24, 2.45) is 0 Å². The fourth-order valence-corrected chi connectivity index (χ4v) is 2.84. The molecule has 1 aliphatic heterocycles. The lowest BCUT2D eigenvalue weighted by molar-refractivity contribution is 0.157. The van der Waals surface area contributed by atoms with Gasteiger partial charge in [-0.05, 0) is 50.9 Å². The maximum atomic E-state index is 2.68. The molecule has 0 saturated heterocycles. The Balaban J connectivity index is 2.00. The summed E-state index contributed by atoms with van der Waals surface area (Å²) in [6, 6.07) is 5.21. The van der Waals surface area contributed by atoms with E-state index in [9.17, 15) is 0 Å². The maximum absolute atomic E-state index is 2.68. The number of rotatable bonds is 5. The molecule has 1 aliphatic rings. The Labute approximate surface area is 99.3 Å². The molecule has 1 aromatic heterocycles. The Hall–Kier alpha value is -0.760. The zero-order valence-electron chi connectivity index (χ0n) is 10.7. The Morgan fingerprint density at radius 2 is 2.06 bits per heavy atom. The van der Waals surface area contributed by atoms with Gasteiger partial charge in [0.15, 0.2) is 0 Å². The quantitative estimate of drug-likeness (QED) is 0.740. The van der Waals surface area contributed by atoms with E-state index < -0.39 is 0 Å². The highest BCUT2D eigenvalue weighted by Gasteiger charge is 2.22. The molecule has 1 aromatic rings. The van der Waals surface area contributed by atoms with Gasteiger partial charge < -0.3 is 4.57 Å². The molecule has 16 heavy (non-hydrogen) atoms. The zero-order chi connectivity index (χ0) is 11.4. The van der Waals surface area contributed by atoms with Crippen molar-refractivity contribution < 1.29 is 0 Å². The largest absolute Gasteiger partial charge is 0.350 e. The molecule has 2 heterocycles. The van der Waals surface area contributed by atoms with Gasteiger partial charge in [-0.1, -0.05) is 13.8 Å². The lowest BCUT2D eigenvalue weighted by Crippen LogP contribution is -2.42. The first-order valence-electron chi connectivity index (χ1n) is 6.73. The molecule has 90 valence electrons. The van der Waals surface area contributed by atoms with Crippen molar-refractivity contribution in [2.75, 3.05) is 13.1 Å². The average Bonchev–Trinajstić information content (AvgIpc) is 2.75. The fraction of sp³-hybridized carbons (Fsp3) is 0.714. The summed E-state index contributed by atoms with van der Waals surface area (Å²) in [6.45, 7) is 8.28. The maximum Gasteiger partial charge on any atom is 0.0378 e. The summed E-state index contributed by atoms with van der Waals surface area (Å²) >= 11 is 0. The van der Waals surface area contributed by atoms with Gasteiger partial charge in [-0.15, -0.1) is 0 Å². The zero-order valence-corrected chi connectivity index (χ0v) is 10.7. The van der Waals surface area contributed by atoms with Crippen LogP contribution in [0.4, 0.5) is 0 Å². The van der Waals surface area contributed by atoms with Crippen molar-refractivity contribution in [3.05, 3.63) is 24.0 Å². The van der Waals surface area contributed by atoms with E-state index in [0.717, 1.165) is 6.04 Å². The minimum atomic E-state index is 0.764. The summed E-state index contributed by atoms with van der Waals surface area (Å²) in [6.07, 6.45) is 7.37. The van der Waals surface area contributed by atoms with Crippen molar-refractivity contribution in [1.29, 1.82) is 0 Å². The predicted octanol–water partition coefficient (Wildman–Crippen LogP) is 2.92. The molecule has 2 heteroatoms. The first-order valence-corrected chi connectivity index (χ1v) is 6.73. The number of hydrogen-bond acceptors (Lipinski definition) is 1. The summed E-state index contributed by atoms with van der Waals surface area (Å²) < 4.78 is 2.44. The second-order valence-electron chi connectivity index (χ2n) is 4.88. The van der Waals surface area contributed by atoms with Crippen molar-refractivity contribution >= 4 is 0 Å². The molecule has 0 saturated carbocycles. The Morgan fingerprint density at radius 1 is 1.31 bits per heavy atom. The Morgan fingerprint density at radius 3 is 2.75 bits per heavy atom. The van der Waals surface area contributed by atoms with Crippen LogP contribution < -0.4 is 0 Å². The third-order valence-electron chi connectivity index (χ3n) is 3.60. The van der Waals surface area contributed by atoms with Crippen LogP contribution in [0.25, 0.3) is 0 Å². The van der Waals surface area contributed by atoms with Crippen molar-refractivity contribution in [2.45, 2.75) is 52.1 Å². The Kier molecular flexibility index (Phi) is 4.05. The van der Waals surface area contributed by atoms with Crippen LogP contribution in [0.3, 0.4) is 0 Å². The highest BCUT2D eigenvalue weighted by atomic mass is 15.2. The summed E-state index contributed by atoms with van der Waals surface area (Å²) in [5, 5.41) is 0. The molecule has 2 nitrogen and oxygen atoms in total. The molecule has 0 amide bonds. The van der Waals surface area contributed by atoms with Crippen LogP contribution >= 0.6 is 0 Å². The van der Waals surface area contributed by atoms with Crippen LogP contribution in [0, 0.1) is 0 Å². The van der Waals surface area contributed by atoms with Crippen molar-refractivity contribution in [3.63, 3.8) is 0 Å². The predicted molar refractivity (Wildman–Crippen MR) is 68.7 cm³/mol. The van der Waals surface area contributed by atoms with Gasteiger partial charge in [0.25, 0.3) is 0 Å². The monoisotopic (exact) mass is 220 g/mol. The molecule has 0 aromatic carbocycles. The van der Waals surface area contributed by atoms with Crippen molar-refractivity contribution in [3.8, 4) is 0 Å². The third kappa shape index (κ3) is 2.49. The average molecular weight is 220 g/mol. The molecule has 0 spiro atoms. The SMILES string of the molecule is CCCN(CCC)[C@H]1CCc2cccn2C1. The minimum Gasteiger partial charge on any atom is -0.350 e. The van der Waals surface area contributed by atoms with E-state index in [1.807, 2.05) is 0 Å². The topological polar surface area (TPSA) is 8.17 Å². The van der Waals surface area contributed by atoms with Crippen LogP contribution in [0.5, 0.6) is 0 Å². The van der Waals surface area contributed by atoms with Crippen LogP contribution in [-0.2, 0) is 13.0 Å². The molecule has 1 atom stereocenters. The van der Waals surface area contributed by atoms with Crippen LogP contribution in [0.15, 0.2) is 18.3 Å². The van der Waals surface area contributed by atoms with Crippen LogP contribution in [0.1, 0.15) is 38.8 Å². The lowest BCUT2D eigenvalue weighted by Gasteiger charge is -2.35. The van der Waals surface area contributed by atoms with Crippen LogP contribution in [0.2, 0.25) is 0 Å². The van der Waals surface area contributed by atoms with Gasteiger partial charge in [0.1, 0.15) is 0 Å². The second-order valence-corrected chi connectivity index (χ2v) is 4.88. The van der Waals surface area contributed by atoms with E-state index in [1.165, 1.54) is 51.0 Å². The summed E-state index contributed by atoms with van der Waals surface area (Å²) in [7, 11) is 0. The van der Waals surface area contributed by atoms with Gasteiger partial charge in [-0.3, -0.25) is 4.90 Å². The standard InChI is InChI=1S/C14H24N2/c1-3-9-15(10-4-2)14-8-7-13-6-5-11-16(13)12-14/h5-6,11,14H,3-4,7-10,12H2,1-2H3/t14-/m0/s1. The number of aryl methyl sites for hydroxylation is 1. The normalized spacial score (nSPS) is 20.1. The highest BCUT2D eigenvalue weighted by Crippen LogP contribution is 2.20. The number of hydrogen-bond donors (Lipinski definition) is 0. The molecular formula is C14H24N2. The Bertz CT molecular complexity index is 310. The molecule has 2 rings (SSSR count). The molecule has 0 aliphatic carbocycles. The molecule has 0 bridgehead atoms. The number of nitrogens with zero attached hydrogens (tertiary/aromatic N) is 2.